The van der Waals surface area contributed by atoms with Crippen LogP contribution in [0.3, 0.4) is 0 Å². The molecule has 0 spiro atoms. The summed E-state index contributed by atoms with van der Waals surface area (Å²) in [6.07, 6.45) is 1.81. The van der Waals surface area contributed by atoms with E-state index in [2.05, 4.69) is 0 Å². The molecule has 156 valence electrons. The Morgan fingerprint density at radius 3 is 2.11 bits per heavy atom. The molecule has 3 rings (SSSR count). The number of ketones is 1. The van der Waals surface area contributed by atoms with Gasteiger partial charge < -0.3 is 4.74 Å². The smallest absolute Gasteiger partial charge is 0.312 e. The van der Waals surface area contributed by atoms with Crippen LogP contribution in [0.4, 0.5) is 8.78 Å². The van der Waals surface area contributed by atoms with Crippen LogP contribution in [0.15, 0.2) is 30.3 Å². The zero-order valence-corrected chi connectivity index (χ0v) is 17.3. The molecule has 2 saturated carbocycles. The van der Waals surface area contributed by atoms with E-state index in [-0.39, 0.29) is 55.3 Å². The Hall–Kier alpha value is -1.20. The molecule has 0 aromatic heterocycles. The van der Waals surface area contributed by atoms with Crippen molar-refractivity contribution < 1.29 is 23.1 Å². The van der Waals surface area contributed by atoms with Crippen molar-refractivity contribution in [3.63, 3.8) is 0 Å². The first-order chi connectivity index (χ1) is 13.3. The fraction of sp³-hybridized carbons (Fsp3) is 0.619. The van der Waals surface area contributed by atoms with Crippen molar-refractivity contribution in [3.05, 3.63) is 35.9 Å². The van der Waals surface area contributed by atoms with E-state index in [0.29, 0.717) is 25.7 Å². The zero-order chi connectivity index (χ0) is 20.6. The number of halogens is 4. The monoisotopic (exact) mass is 434 g/mol. The highest BCUT2D eigenvalue weighted by molar-refractivity contribution is 6.40. The largest absolute Gasteiger partial charge is 0.460 e. The third kappa shape index (κ3) is 6.15. The molecule has 1 aromatic carbocycles. The van der Waals surface area contributed by atoms with Crippen LogP contribution in [0, 0.1) is 11.3 Å². The first kappa shape index (κ1) is 23.1. The Kier molecular flexibility index (Phi) is 8.69. The van der Waals surface area contributed by atoms with Crippen LogP contribution >= 0.6 is 23.2 Å². The molecule has 7 heteroatoms. The first-order valence-electron chi connectivity index (χ1n) is 9.55. The zero-order valence-electron chi connectivity index (χ0n) is 15.8. The first-order valence-corrected chi connectivity index (χ1v) is 10.6. The second kappa shape index (κ2) is 10.5. The van der Waals surface area contributed by atoms with Gasteiger partial charge in [0.1, 0.15) is 12.4 Å². The second-order valence-corrected chi connectivity index (χ2v) is 8.30. The maximum Gasteiger partial charge on any atom is 0.312 e. The van der Waals surface area contributed by atoms with E-state index in [1.807, 2.05) is 30.3 Å². The van der Waals surface area contributed by atoms with Crippen molar-refractivity contribution in [2.75, 3.05) is 5.34 Å². The predicted octanol–water partition coefficient (Wildman–Crippen LogP) is 6.11. The van der Waals surface area contributed by atoms with Gasteiger partial charge >= 0.3 is 5.97 Å². The number of rotatable bonds is 4. The van der Waals surface area contributed by atoms with E-state index in [1.54, 1.807) is 0 Å². The van der Waals surface area contributed by atoms with Crippen molar-refractivity contribution in [1.82, 2.24) is 0 Å². The molecule has 3 nitrogen and oxygen atoms in total. The summed E-state index contributed by atoms with van der Waals surface area (Å²) in [5.74, 6) is -2.91. The van der Waals surface area contributed by atoms with Crippen LogP contribution in [0.2, 0.25) is 0 Å². The number of carbonyl (C=O) groups excluding carboxylic acids is 2. The Labute approximate surface area is 174 Å². The summed E-state index contributed by atoms with van der Waals surface area (Å²) in [6.45, 7) is 0.156. The van der Waals surface area contributed by atoms with E-state index in [1.165, 1.54) is 0 Å². The predicted molar refractivity (Wildman–Crippen MR) is 106 cm³/mol. The Morgan fingerprint density at radius 2 is 1.57 bits per heavy atom. The van der Waals surface area contributed by atoms with Crippen molar-refractivity contribution in [3.8, 4) is 0 Å². The van der Waals surface area contributed by atoms with Crippen LogP contribution in [0.5, 0.6) is 0 Å². The Bertz CT molecular complexity index is 632. The minimum Gasteiger partial charge on any atom is -0.460 e. The summed E-state index contributed by atoms with van der Waals surface area (Å²) in [6, 6.07) is 9.36. The average Bonchev–Trinajstić information content (AvgIpc) is 2.69. The van der Waals surface area contributed by atoms with E-state index in [4.69, 9.17) is 27.9 Å². The van der Waals surface area contributed by atoms with Gasteiger partial charge in [-0.1, -0.05) is 30.3 Å². The average molecular weight is 435 g/mol. The molecule has 2 fully saturated rings. The number of esters is 1. The summed E-state index contributed by atoms with van der Waals surface area (Å²) in [5, 5.41) is 0.194. The van der Waals surface area contributed by atoms with Crippen LogP contribution in [-0.2, 0) is 20.9 Å². The number of alkyl halides is 4. The lowest BCUT2D eigenvalue weighted by molar-refractivity contribution is -0.172. The fourth-order valence-electron chi connectivity index (χ4n) is 4.20. The molecule has 0 atom stereocenters. The lowest BCUT2D eigenvalue weighted by atomic mass is 9.61. The van der Waals surface area contributed by atoms with Crippen LogP contribution in [0.1, 0.15) is 56.9 Å². The third-order valence-corrected chi connectivity index (χ3v) is 5.82. The Balaban J connectivity index is 0.000000878. The van der Waals surface area contributed by atoms with Crippen molar-refractivity contribution >= 4 is 35.0 Å². The Morgan fingerprint density at radius 1 is 1.04 bits per heavy atom. The number of carbonyl (C=O) groups is 2. The number of ether oxygens (including phenoxy) is 1. The molecule has 0 radical (unpaired) electrons. The minimum absolute atomic E-state index is 0.0374. The van der Waals surface area contributed by atoms with Gasteiger partial charge in [-0.3, -0.25) is 9.59 Å². The number of Topliss-reactive ketones (excluding diaryl/α,β-unsaturated/α-hetero) is 1. The number of hydrogen-bond donors (Lipinski definition) is 0. The van der Waals surface area contributed by atoms with Gasteiger partial charge in [-0.15, -0.1) is 23.2 Å². The molecule has 2 aliphatic carbocycles. The van der Waals surface area contributed by atoms with E-state index in [0.717, 1.165) is 5.56 Å². The minimum atomic E-state index is -2.70. The van der Waals surface area contributed by atoms with E-state index < -0.39 is 11.3 Å². The molecule has 0 bridgehead atoms. The molecule has 0 aliphatic heterocycles. The molecule has 0 N–H and O–H groups in total. The lowest BCUT2D eigenvalue weighted by Gasteiger charge is -2.44. The van der Waals surface area contributed by atoms with Crippen LogP contribution < -0.4 is 0 Å². The summed E-state index contributed by atoms with van der Waals surface area (Å²) in [7, 11) is 0. The highest BCUT2D eigenvalue weighted by Gasteiger charge is 2.53. The van der Waals surface area contributed by atoms with Gasteiger partial charge in [0.15, 0.2) is 0 Å². The topological polar surface area (TPSA) is 43.4 Å². The fourth-order valence-corrected chi connectivity index (χ4v) is 4.20. The number of benzene rings is 1. The van der Waals surface area contributed by atoms with Crippen molar-refractivity contribution in [2.45, 2.75) is 63.9 Å². The molecule has 28 heavy (non-hydrogen) atoms. The number of hydrogen-bond acceptors (Lipinski definition) is 3. The van der Waals surface area contributed by atoms with Crippen LogP contribution in [0.25, 0.3) is 0 Å². The molecular weight excluding hydrogens is 409 g/mol. The highest BCUT2D eigenvalue weighted by atomic mass is 35.5. The standard InChI is InChI=1S/C20H24F2O3.CH2Cl2/c21-20(22)12-10-19(11-13-20,16-6-8-17(23)9-7-16)18(24)25-14-15-4-2-1-3-5-15;2-1-3/h1-5,16H,6-14H2;1H2. The molecule has 0 saturated heterocycles. The van der Waals surface area contributed by atoms with Crippen molar-refractivity contribution in [2.24, 2.45) is 11.3 Å². The van der Waals surface area contributed by atoms with Gasteiger partial charge in [0, 0.05) is 25.7 Å². The van der Waals surface area contributed by atoms with Gasteiger partial charge in [-0.25, -0.2) is 8.78 Å². The lowest BCUT2D eigenvalue weighted by Crippen LogP contribution is -2.46. The van der Waals surface area contributed by atoms with E-state index >= 15 is 0 Å². The van der Waals surface area contributed by atoms with Crippen LogP contribution in [-0.4, -0.2) is 23.0 Å². The molecular formula is C21H26Cl2F2O3. The molecule has 0 unspecified atom stereocenters. The summed E-state index contributed by atoms with van der Waals surface area (Å²) >= 11 is 9.53. The van der Waals surface area contributed by atoms with Gasteiger partial charge in [0.25, 0.3) is 0 Å². The molecule has 1 aromatic rings. The van der Waals surface area contributed by atoms with Gasteiger partial charge in [0.2, 0.25) is 5.92 Å². The third-order valence-electron chi connectivity index (χ3n) is 5.82. The highest BCUT2D eigenvalue weighted by Crippen LogP contribution is 2.52. The summed E-state index contributed by atoms with van der Waals surface area (Å²) < 4.78 is 32.9. The molecule has 2 aliphatic rings. The maximum absolute atomic E-state index is 13.7. The second-order valence-electron chi connectivity index (χ2n) is 7.49. The van der Waals surface area contributed by atoms with E-state index in [9.17, 15) is 18.4 Å². The molecule has 0 amide bonds. The van der Waals surface area contributed by atoms with Gasteiger partial charge in [-0.05, 0) is 37.2 Å². The normalized spacial score (nSPS) is 21.4. The maximum atomic E-state index is 13.7. The SMILES string of the molecule is ClCCl.O=C1CCC(C2(C(=O)OCc3ccccc3)CCC(F)(F)CC2)CC1. The summed E-state index contributed by atoms with van der Waals surface area (Å²) in [4.78, 5) is 24.5. The molecule has 0 heterocycles. The quantitative estimate of drug-likeness (QED) is 0.424. The van der Waals surface area contributed by atoms with Gasteiger partial charge in [-0.2, -0.15) is 0 Å². The summed E-state index contributed by atoms with van der Waals surface area (Å²) in [5.41, 5.74) is 0.0166. The van der Waals surface area contributed by atoms with Gasteiger partial charge in [0.05, 0.1) is 10.8 Å². The van der Waals surface area contributed by atoms with Crippen molar-refractivity contribution in [1.29, 1.82) is 0 Å².